The van der Waals surface area contributed by atoms with Gasteiger partial charge in [0, 0.05) is 12.2 Å². The molecule has 1 aromatic rings. The Morgan fingerprint density at radius 2 is 2.13 bits per heavy atom. The van der Waals surface area contributed by atoms with Crippen molar-refractivity contribution in [3.05, 3.63) is 18.0 Å². The summed E-state index contributed by atoms with van der Waals surface area (Å²) in [7, 11) is -1.26. The highest BCUT2D eigenvalue weighted by Crippen LogP contribution is 2.09. The van der Waals surface area contributed by atoms with E-state index in [2.05, 4.69) is 50.1 Å². The van der Waals surface area contributed by atoms with Gasteiger partial charge >= 0.3 is 0 Å². The van der Waals surface area contributed by atoms with E-state index in [0.29, 0.717) is 6.04 Å². The van der Waals surface area contributed by atoms with E-state index < -0.39 is 8.07 Å². The predicted octanol–water partition coefficient (Wildman–Crippen LogP) is 3.08. The van der Waals surface area contributed by atoms with Crippen LogP contribution in [0.2, 0.25) is 19.6 Å². The summed E-state index contributed by atoms with van der Waals surface area (Å²) >= 11 is 0. The van der Waals surface area contributed by atoms with Crippen molar-refractivity contribution in [2.45, 2.75) is 46.0 Å². The van der Waals surface area contributed by atoms with Gasteiger partial charge in [-0.15, -0.1) is 5.54 Å². The monoisotopic (exact) mass is 220 g/mol. The van der Waals surface area contributed by atoms with E-state index in [1.54, 1.807) is 0 Å². The summed E-state index contributed by atoms with van der Waals surface area (Å²) in [5, 5.41) is 4.32. The Balaban J connectivity index is 2.80. The molecule has 15 heavy (non-hydrogen) atoms. The van der Waals surface area contributed by atoms with Crippen LogP contribution in [-0.2, 0) is 0 Å². The van der Waals surface area contributed by atoms with Gasteiger partial charge in [0.15, 0.2) is 0 Å². The molecule has 0 fully saturated rings. The van der Waals surface area contributed by atoms with Crippen LogP contribution in [0.4, 0.5) is 0 Å². The van der Waals surface area contributed by atoms with E-state index in [-0.39, 0.29) is 0 Å². The van der Waals surface area contributed by atoms with Gasteiger partial charge in [-0.2, -0.15) is 5.10 Å². The first-order valence-electron chi connectivity index (χ1n) is 5.49. The lowest BCUT2D eigenvalue weighted by atomic mass is 10.3. The minimum absolute atomic E-state index is 0.465. The molecule has 0 aliphatic carbocycles. The Labute approximate surface area is 93.7 Å². The molecule has 1 rings (SSSR count). The third-order valence-electron chi connectivity index (χ3n) is 2.23. The zero-order valence-electron chi connectivity index (χ0n) is 10.3. The molecule has 82 valence electrons. The smallest absolute Gasteiger partial charge is 0.129 e. The summed E-state index contributed by atoms with van der Waals surface area (Å²) in [5.74, 6) is 3.21. The normalized spacial score (nSPS) is 13.1. The third kappa shape index (κ3) is 3.92. The molecule has 2 nitrogen and oxygen atoms in total. The maximum atomic E-state index is 4.32. The maximum Gasteiger partial charge on any atom is 0.129 e. The molecule has 0 saturated heterocycles. The van der Waals surface area contributed by atoms with Gasteiger partial charge in [0.05, 0.1) is 11.8 Å². The minimum atomic E-state index is -1.26. The van der Waals surface area contributed by atoms with Crippen LogP contribution >= 0.6 is 0 Å². The van der Waals surface area contributed by atoms with Crippen LogP contribution in [0.3, 0.4) is 0 Å². The molecule has 0 aliphatic heterocycles. The largest absolute Gasteiger partial charge is 0.269 e. The Hall–Kier alpha value is -1.01. The molecule has 1 heterocycles. The van der Waals surface area contributed by atoms with E-state index in [0.717, 1.165) is 12.0 Å². The highest BCUT2D eigenvalue weighted by molar-refractivity contribution is 6.83. The van der Waals surface area contributed by atoms with E-state index in [4.69, 9.17) is 0 Å². The van der Waals surface area contributed by atoms with E-state index >= 15 is 0 Å². The lowest BCUT2D eigenvalue weighted by Gasteiger charge is -2.07. The minimum Gasteiger partial charge on any atom is -0.269 e. The molecule has 1 aromatic heterocycles. The molecule has 0 radical (unpaired) electrons. The highest BCUT2D eigenvalue weighted by Gasteiger charge is 2.08. The van der Waals surface area contributed by atoms with Crippen LogP contribution in [0.25, 0.3) is 0 Å². The first kappa shape index (κ1) is 12.1. The summed E-state index contributed by atoms with van der Waals surface area (Å²) in [5.41, 5.74) is 4.38. The molecule has 0 spiro atoms. The van der Waals surface area contributed by atoms with Crippen LogP contribution in [0, 0.1) is 11.5 Å². The summed E-state index contributed by atoms with van der Waals surface area (Å²) in [6.07, 6.45) is 5.00. The molecule has 0 amide bonds. The Kier molecular flexibility index (Phi) is 3.76. The van der Waals surface area contributed by atoms with E-state index in [1.165, 1.54) is 0 Å². The first-order chi connectivity index (χ1) is 6.92. The Bertz CT molecular complexity index is 376. The average molecular weight is 220 g/mol. The molecule has 0 bridgehead atoms. The average Bonchev–Trinajstić information content (AvgIpc) is 2.61. The van der Waals surface area contributed by atoms with Crippen molar-refractivity contribution >= 4 is 8.07 Å². The van der Waals surface area contributed by atoms with Crippen molar-refractivity contribution in [2.75, 3.05) is 0 Å². The molecule has 0 aliphatic rings. The zero-order valence-corrected chi connectivity index (χ0v) is 11.3. The van der Waals surface area contributed by atoms with Gasteiger partial charge < -0.3 is 0 Å². The third-order valence-corrected chi connectivity index (χ3v) is 3.10. The molecular formula is C12H20N2Si. The van der Waals surface area contributed by atoms with Gasteiger partial charge in [-0.3, -0.25) is 4.68 Å². The molecule has 0 saturated carbocycles. The van der Waals surface area contributed by atoms with Gasteiger partial charge in [0.1, 0.15) is 8.07 Å². The molecule has 1 atom stereocenters. The summed E-state index contributed by atoms with van der Waals surface area (Å²) in [6, 6.07) is 0.465. The summed E-state index contributed by atoms with van der Waals surface area (Å²) < 4.78 is 1.99. The van der Waals surface area contributed by atoms with Crippen molar-refractivity contribution in [1.82, 2.24) is 9.78 Å². The lowest BCUT2D eigenvalue weighted by Crippen LogP contribution is -2.16. The number of hydrogen-bond acceptors (Lipinski definition) is 1. The number of hydrogen-bond donors (Lipinski definition) is 0. The second-order valence-electron chi connectivity index (χ2n) is 4.97. The number of nitrogens with zero attached hydrogens (tertiary/aromatic N) is 2. The van der Waals surface area contributed by atoms with Gasteiger partial charge in [-0.25, -0.2) is 0 Å². The molecule has 1 unspecified atom stereocenters. The van der Waals surface area contributed by atoms with Crippen LogP contribution in [0.5, 0.6) is 0 Å². The molecule has 3 heteroatoms. The van der Waals surface area contributed by atoms with Crippen molar-refractivity contribution in [3.63, 3.8) is 0 Å². The fourth-order valence-corrected chi connectivity index (χ4v) is 1.61. The van der Waals surface area contributed by atoms with Crippen LogP contribution in [0.1, 0.15) is 31.9 Å². The van der Waals surface area contributed by atoms with Crippen molar-refractivity contribution in [2.24, 2.45) is 0 Å². The first-order valence-corrected chi connectivity index (χ1v) is 8.99. The second-order valence-corrected chi connectivity index (χ2v) is 9.72. The van der Waals surface area contributed by atoms with Gasteiger partial charge in [0.25, 0.3) is 0 Å². The van der Waals surface area contributed by atoms with Gasteiger partial charge in [0.2, 0.25) is 0 Å². The maximum absolute atomic E-state index is 4.32. The van der Waals surface area contributed by atoms with E-state index in [9.17, 15) is 0 Å². The number of aromatic nitrogens is 2. The fraction of sp³-hybridized carbons (Fsp3) is 0.583. The van der Waals surface area contributed by atoms with Crippen molar-refractivity contribution < 1.29 is 0 Å². The molecule has 0 N–H and O–H groups in total. The zero-order chi connectivity index (χ0) is 11.5. The molecule has 0 aromatic carbocycles. The van der Waals surface area contributed by atoms with Gasteiger partial charge in [-0.1, -0.05) is 32.5 Å². The standard InChI is InChI=1S/C12H20N2Si/c1-6-11(2)14-10-12(9-13-14)7-8-15(3,4)5/h9-11H,6H2,1-5H3. The molecular weight excluding hydrogens is 200 g/mol. The Morgan fingerprint density at radius 1 is 1.47 bits per heavy atom. The van der Waals surface area contributed by atoms with Crippen LogP contribution < -0.4 is 0 Å². The second kappa shape index (κ2) is 4.67. The number of rotatable bonds is 2. The lowest BCUT2D eigenvalue weighted by molar-refractivity contribution is 0.478. The van der Waals surface area contributed by atoms with Crippen LogP contribution in [0.15, 0.2) is 12.4 Å². The van der Waals surface area contributed by atoms with Crippen molar-refractivity contribution in [3.8, 4) is 11.5 Å². The quantitative estimate of drug-likeness (QED) is 0.553. The summed E-state index contributed by atoms with van der Waals surface area (Å²) in [4.78, 5) is 0. The van der Waals surface area contributed by atoms with Crippen molar-refractivity contribution in [1.29, 1.82) is 0 Å². The topological polar surface area (TPSA) is 17.8 Å². The predicted molar refractivity (Wildman–Crippen MR) is 67.5 cm³/mol. The Morgan fingerprint density at radius 3 is 2.67 bits per heavy atom. The SMILES string of the molecule is CCC(C)n1cc(C#C[Si](C)(C)C)cn1. The van der Waals surface area contributed by atoms with E-state index in [1.807, 2.05) is 17.1 Å². The summed E-state index contributed by atoms with van der Waals surface area (Å²) in [6.45, 7) is 11.1. The van der Waals surface area contributed by atoms with Gasteiger partial charge in [-0.05, 0) is 13.3 Å². The fourth-order valence-electron chi connectivity index (χ4n) is 1.09. The van der Waals surface area contributed by atoms with Crippen LogP contribution in [-0.4, -0.2) is 17.9 Å². The highest BCUT2D eigenvalue weighted by atomic mass is 28.3.